The van der Waals surface area contributed by atoms with Crippen molar-refractivity contribution in [3.63, 3.8) is 0 Å². The fraction of sp³-hybridized carbons (Fsp3) is 0.222. The maximum absolute atomic E-state index is 5.74. The van der Waals surface area contributed by atoms with E-state index in [0.29, 0.717) is 24.8 Å². The number of hydrogen-bond donors (Lipinski definition) is 0. The third kappa shape index (κ3) is 3.90. The highest BCUT2D eigenvalue weighted by Gasteiger charge is 2.11. The minimum absolute atomic E-state index is 0.403. The van der Waals surface area contributed by atoms with Gasteiger partial charge in [0.15, 0.2) is 0 Å². The van der Waals surface area contributed by atoms with Crippen molar-refractivity contribution in [1.29, 1.82) is 0 Å². The minimum atomic E-state index is 0.403. The first-order valence-corrected chi connectivity index (χ1v) is 7.95. The molecule has 0 radical (unpaired) electrons. The van der Waals surface area contributed by atoms with E-state index in [1.54, 1.807) is 6.20 Å². The van der Waals surface area contributed by atoms with Crippen LogP contribution in [0.5, 0.6) is 5.75 Å². The van der Waals surface area contributed by atoms with E-state index in [-0.39, 0.29) is 0 Å². The Labute approximate surface area is 140 Å². The number of nitrogens with zero attached hydrogens (tertiary/aromatic N) is 2. The molecule has 118 valence electrons. The Kier molecular flexibility index (Phi) is 4.93. The van der Waals surface area contributed by atoms with Gasteiger partial charge in [-0.3, -0.25) is 4.98 Å². The Morgan fingerprint density at radius 3 is 2.65 bits per heavy atom. The van der Waals surface area contributed by atoms with Gasteiger partial charge in [-0.15, -0.1) is 11.6 Å². The lowest BCUT2D eigenvalue weighted by Crippen LogP contribution is -2.03. The molecule has 0 amide bonds. The van der Waals surface area contributed by atoms with Crippen molar-refractivity contribution in [1.82, 2.24) is 9.97 Å². The molecule has 0 spiro atoms. The third-order valence-corrected chi connectivity index (χ3v) is 3.73. The van der Waals surface area contributed by atoms with Crippen LogP contribution in [0.15, 0.2) is 53.1 Å². The van der Waals surface area contributed by atoms with Gasteiger partial charge >= 0.3 is 0 Å². The quantitative estimate of drug-likeness (QED) is 0.629. The molecule has 1 aromatic carbocycles. The molecule has 0 saturated carbocycles. The van der Waals surface area contributed by atoms with Gasteiger partial charge in [-0.1, -0.05) is 18.2 Å². The second kappa shape index (κ2) is 7.29. The van der Waals surface area contributed by atoms with E-state index in [1.807, 2.05) is 49.4 Å². The predicted octanol–water partition coefficient (Wildman–Crippen LogP) is 4.41. The van der Waals surface area contributed by atoms with Crippen LogP contribution in [0.4, 0.5) is 0 Å². The number of aromatic nitrogens is 2. The molecule has 2 heterocycles. The molecule has 0 fully saturated rings. The van der Waals surface area contributed by atoms with Crippen LogP contribution in [0.3, 0.4) is 0 Å². The molecule has 0 atom stereocenters. The summed E-state index contributed by atoms with van der Waals surface area (Å²) in [6.45, 7) is 2.44. The maximum atomic E-state index is 5.74. The summed E-state index contributed by atoms with van der Waals surface area (Å²) in [7, 11) is 0. The highest BCUT2D eigenvalue weighted by molar-refractivity contribution is 6.16. The Hall–Kier alpha value is -2.33. The molecular formula is C18H17ClN2O2. The van der Waals surface area contributed by atoms with Crippen molar-refractivity contribution in [3.8, 4) is 17.2 Å². The fourth-order valence-electron chi connectivity index (χ4n) is 2.21. The number of rotatable bonds is 6. The third-order valence-electron chi connectivity index (χ3n) is 3.46. The van der Waals surface area contributed by atoms with Crippen LogP contribution < -0.4 is 4.74 Å². The van der Waals surface area contributed by atoms with Crippen LogP contribution in [-0.2, 0) is 12.3 Å². The van der Waals surface area contributed by atoms with E-state index in [4.69, 9.17) is 20.8 Å². The monoisotopic (exact) mass is 328 g/mol. The van der Waals surface area contributed by atoms with Crippen molar-refractivity contribution in [2.75, 3.05) is 6.61 Å². The van der Waals surface area contributed by atoms with Gasteiger partial charge in [-0.2, -0.15) is 0 Å². The van der Waals surface area contributed by atoms with E-state index in [0.717, 1.165) is 28.5 Å². The molecule has 5 heteroatoms. The Morgan fingerprint density at radius 1 is 1.13 bits per heavy atom. The zero-order chi connectivity index (χ0) is 16.1. The first-order chi connectivity index (χ1) is 11.3. The highest BCUT2D eigenvalue weighted by Crippen LogP contribution is 2.21. The minimum Gasteiger partial charge on any atom is -0.492 e. The zero-order valence-electron chi connectivity index (χ0n) is 12.8. The summed E-state index contributed by atoms with van der Waals surface area (Å²) in [4.78, 5) is 8.75. The van der Waals surface area contributed by atoms with Crippen LogP contribution >= 0.6 is 11.6 Å². The van der Waals surface area contributed by atoms with Gasteiger partial charge in [0.2, 0.25) is 5.89 Å². The van der Waals surface area contributed by atoms with Crippen LogP contribution in [0.25, 0.3) is 11.5 Å². The normalized spacial score (nSPS) is 10.7. The molecule has 0 aliphatic carbocycles. The van der Waals surface area contributed by atoms with Gasteiger partial charge in [-0.25, -0.2) is 4.98 Å². The standard InChI is InChI=1S/C18H17ClN2O2/c1-13-17(21-18(23-13)14-5-3-2-4-6-14)9-10-22-16-8-7-15(11-19)20-12-16/h2-8,12H,9-11H2,1H3. The topological polar surface area (TPSA) is 48.2 Å². The average Bonchev–Trinajstić information content (AvgIpc) is 2.97. The first kappa shape index (κ1) is 15.6. The number of halogens is 1. The molecule has 0 aliphatic heterocycles. The molecule has 0 aliphatic rings. The van der Waals surface area contributed by atoms with Gasteiger partial charge in [0.1, 0.15) is 11.5 Å². The molecule has 0 unspecified atom stereocenters. The second-order valence-electron chi connectivity index (χ2n) is 5.11. The van der Waals surface area contributed by atoms with Crippen LogP contribution in [0, 0.1) is 6.92 Å². The van der Waals surface area contributed by atoms with E-state index >= 15 is 0 Å². The molecule has 0 bridgehead atoms. The molecule has 3 rings (SSSR count). The summed E-state index contributed by atoms with van der Waals surface area (Å²) < 4.78 is 11.4. The highest BCUT2D eigenvalue weighted by atomic mass is 35.5. The maximum Gasteiger partial charge on any atom is 0.226 e. The average molecular weight is 329 g/mol. The van der Waals surface area contributed by atoms with E-state index in [2.05, 4.69) is 9.97 Å². The Balaban J connectivity index is 1.61. The van der Waals surface area contributed by atoms with Crippen molar-refractivity contribution < 1.29 is 9.15 Å². The number of hydrogen-bond acceptors (Lipinski definition) is 4. The summed E-state index contributed by atoms with van der Waals surface area (Å²) in [5, 5.41) is 0. The lowest BCUT2D eigenvalue weighted by molar-refractivity contribution is 0.318. The second-order valence-corrected chi connectivity index (χ2v) is 5.37. The van der Waals surface area contributed by atoms with Gasteiger partial charge < -0.3 is 9.15 Å². The van der Waals surface area contributed by atoms with Gasteiger partial charge in [0.05, 0.1) is 30.1 Å². The first-order valence-electron chi connectivity index (χ1n) is 7.41. The van der Waals surface area contributed by atoms with Crippen molar-refractivity contribution in [3.05, 3.63) is 65.8 Å². The number of aryl methyl sites for hydroxylation is 1. The summed E-state index contributed by atoms with van der Waals surface area (Å²) in [5.74, 6) is 2.60. The lowest BCUT2D eigenvalue weighted by Gasteiger charge is -2.05. The molecule has 0 N–H and O–H groups in total. The van der Waals surface area contributed by atoms with Gasteiger partial charge in [0, 0.05) is 12.0 Å². The van der Waals surface area contributed by atoms with E-state index in [1.165, 1.54) is 0 Å². The Bertz CT molecular complexity index is 754. The number of benzene rings is 1. The lowest BCUT2D eigenvalue weighted by atomic mass is 10.2. The fourth-order valence-corrected chi connectivity index (χ4v) is 2.36. The number of ether oxygens (including phenoxy) is 1. The Morgan fingerprint density at radius 2 is 1.96 bits per heavy atom. The van der Waals surface area contributed by atoms with Crippen molar-refractivity contribution in [2.24, 2.45) is 0 Å². The summed E-state index contributed by atoms with van der Waals surface area (Å²) in [5.41, 5.74) is 2.72. The molecule has 4 nitrogen and oxygen atoms in total. The van der Waals surface area contributed by atoms with E-state index in [9.17, 15) is 0 Å². The SMILES string of the molecule is Cc1oc(-c2ccccc2)nc1CCOc1ccc(CCl)nc1. The van der Waals surface area contributed by atoms with Gasteiger partial charge in [0.25, 0.3) is 0 Å². The molecule has 3 aromatic rings. The number of pyridine rings is 1. The smallest absolute Gasteiger partial charge is 0.226 e. The summed E-state index contributed by atoms with van der Waals surface area (Å²) >= 11 is 5.71. The molecule has 2 aromatic heterocycles. The molecular weight excluding hydrogens is 312 g/mol. The van der Waals surface area contributed by atoms with Crippen LogP contribution in [0.1, 0.15) is 17.1 Å². The van der Waals surface area contributed by atoms with E-state index < -0.39 is 0 Å². The molecule has 0 saturated heterocycles. The van der Waals surface area contributed by atoms with Gasteiger partial charge in [-0.05, 0) is 31.2 Å². The predicted molar refractivity (Wildman–Crippen MR) is 89.7 cm³/mol. The van der Waals surface area contributed by atoms with Crippen molar-refractivity contribution >= 4 is 11.6 Å². The van der Waals surface area contributed by atoms with Crippen LogP contribution in [0.2, 0.25) is 0 Å². The number of alkyl halides is 1. The zero-order valence-corrected chi connectivity index (χ0v) is 13.6. The van der Waals surface area contributed by atoms with Crippen LogP contribution in [-0.4, -0.2) is 16.6 Å². The summed E-state index contributed by atoms with van der Waals surface area (Å²) in [6, 6.07) is 13.6. The molecule has 23 heavy (non-hydrogen) atoms. The largest absolute Gasteiger partial charge is 0.492 e. The number of oxazole rings is 1. The van der Waals surface area contributed by atoms with Crippen molar-refractivity contribution in [2.45, 2.75) is 19.2 Å². The summed E-state index contributed by atoms with van der Waals surface area (Å²) in [6.07, 6.45) is 2.36.